The van der Waals surface area contributed by atoms with E-state index >= 15 is 0 Å². The van der Waals surface area contributed by atoms with Gasteiger partial charge in [0.15, 0.2) is 6.10 Å². The van der Waals surface area contributed by atoms with Crippen molar-refractivity contribution in [3.63, 3.8) is 0 Å². The van der Waals surface area contributed by atoms with Gasteiger partial charge in [-0.2, -0.15) is 0 Å². The van der Waals surface area contributed by atoms with Crippen molar-refractivity contribution in [1.29, 1.82) is 0 Å². The lowest BCUT2D eigenvalue weighted by Crippen LogP contribution is -2.30. The van der Waals surface area contributed by atoms with Gasteiger partial charge in [0, 0.05) is 17.3 Å². The number of rotatable bonds is 6. The smallest absolute Gasteiger partial charge is 0.338 e. The number of imide groups is 1. The molecule has 0 saturated heterocycles. The van der Waals surface area contributed by atoms with Gasteiger partial charge in [0.1, 0.15) is 0 Å². The van der Waals surface area contributed by atoms with E-state index in [-0.39, 0.29) is 23.2 Å². The number of hydrogen-bond acceptors (Lipinski definition) is 5. The van der Waals surface area contributed by atoms with Crippen LogP contribution in [0.5, 0.6) is 0 Å². The van der Waals surface area contributed by atoms with Crippen molar-refractivity contribution >= 4 is 41.0 Å². The van der Waals surface area contributed by atoms with Gasteiger partial charge in [0.05, 0.1) is 16.7 Å². The maximum atomic E-state index is 12.4. The van der Waals surface area contributed by atoms with Crippen LogP contribution in [0.1, 0.15) is 38.0 Å². The number of ether oxygens (including phenoxy) is 1. The first-order valence-electron chi connectivity index (χ1n) is 8.70. The molecular weight excluding hydrogens is 396 g/mol. The van der Waals surface area contributed by atoms with Crippen LogP contribution in [0, 0.1) is 0 Å². The lowest BCUT2D eigenvalue weighted by molar-refractivity contribution is -0.123. The molecule has 8 heteroatoms. The van der Waals surface area contributed by atoms with Crippen molar-refractivity contribution in [2.24, 2.45) is 0 Å². The summed E-state index contributed by atoms with van der Waals surface area (Å²) in [5.74, 6) is -2.28. The number of hydrogen-bond donors (Lipinski definition) is 1. The minimum absolute atomic E-state index is 0.0627. The maximum absolute atomic E-state index is 12.4. The number of esters is 1. The average Bonchev–Trinajstić information content (AvgIpc) is 2.92. The number of nitrogens with one attached hydrogen (secondary N) is 1. The van der Waals surface area contributed by atoms with Gasteiger partial charge in [0.25, 0.3) is 17.7 Å². The number of carbonyl (C=O) groups is 4. The van der Waals surface area contributed by atoms with Crippen molar-refractivity contribution in [2.45, 2.75) is 13.0 Å². The molecule has 0 unspecified atom stereocenters. The molecule has 2 aromatic carbocycles. The molecule has 0 bridgehead atoms. The predicted octanol–water partition coefficient (Wildman–Crippen LogP) is 3.31. The Kier molecular flexibility index (Phi) is 5.79. The minimum atomic E-state index is -1.09. The Labute approximate surface area is 171 Å². The van der Waals surface area contributed by atoms with Crippen LogP contribution < -0.4 is 5.32 Å². The van der Waals surface area contributed by atoms with Gasteiger partial charge in [0.2, 0.25) is 0 Å². The fourth-order valence-electron chi connectivity index (χ4n) is 2.80. The molecular formula is C21H17ClN2O5. The zero-order valence-corrected chi connectivity index (χ0v) is 16.2. The second-order valence-electron chi connectivity index (χ2n) is 6.32. The Morgan fingerprint density at radius 3 is 2.59 bits per heavy atom. The molecule has 1 heterocycles. The Bertz CT molecular complexity index is 1030. The molecule has 1 aliphatic rings. The highest BCUT2D eigenvalue weighted by molar-refractivity contribution is 6.30. The first kappa shape index (κ1) is 20.3. The van der Waals surface area contributed by atoms with Gasteiger partial charge in [-0.15, -0.1) is 6.58 Å². The Balaban J connectivity index is 1.70. The summed E-state index contributed by atoms with van der Waals surface area (Å²) in [7, 11) is 0. The van der Waals surface area contributed by atoms with E-state index in [0.29, 0.717) is 10.7 Å². The summed E-state index contributed by atoms with van der Waals surface area (Å²) in [6.07, 6.45) is 0.348. The second kappa shape index (κ2) is 8.28. The monoisotopic (exact) mass is 412 g/mol. The van der Waals surface area contributed by atoms with Gasteiger partial charge in [-0.25, -0.2) is 4.79 Å². The van der Waals surface area contributed by atoms with Gasteiger partial charge in [-0.3, -0.25) is 19.3 Å². The molecule has 0 aliphatic carbocycles. The topological polar surface area (TPSA) is 92.8 Å². The molecule has 0 radical (unpaired) electrons. The molecule has 3 amide bonds. The van der Waals surface area contributed by atoms with E-state index in [2.05, 4.69) is 11.9 Å². The largest absolute Gasteiger partial charge is 0.449 e. The van der Waals surface area contributed by atoms with E-state index in [1.54, 1.807) is 24.3 Å². The summed E-state index contributed by atoms with van der Waals surface area (Å²) in [5, 5.41) is 3.05. The zero-order chi connectivity index (χ0) is 21.1. The van der Waals surface area contributed by atoms with E-state index in [1.165, 1.54) is 31.2 Å². The van der Waals surface area contributed by atoms with Crippen LogP contribution in [-0.2, 0) is 9.53 Å². The number of carbonyl (C=O) groups excluding carboxylic acids is 4. The van der Waals surface area contributed by atoms with Crippen LogP contribution in [0.15, 0.2) is 55.1 Å². The van der Waals surface area contributed by atoms with Crippen LogP contribution in [0.2, 0.25) is 5.02 Å². The number of amides is 3. The van der Waals surface area contributed by atoms with Crippen LogP contribution >= 0.6 is 11.6 Å². The number of halogens is 1. The maximum Gasteiger partial charge on any atom is 0.338 e. The third-order valence-electron chi connectivity index (χ3n) is 4.26. The van der Waals surface area contributed by atoms with E-state index in [1.807, 2.05) is 0 Å². The number of nitrogens with zero attached hydrogens (tertiary/aromatic N) is 1. The molecule has 29 heavy (non-hydrogen) atoms. The van der Waals surface area contributed by atoms with Gasteiger partial charge >= 0.3 is 5.97 Å². The van der Waals surface area contributed by atoms with Crippen molar-refractivity contribution < 1.29 is 23.9 Å². The van der Waals surface area contributed by atoms with Crippen LogP contribution in [0.3, 0.4) is 0 Å². The molecule has 148 valence electrons. The second-order valence-corrected chi connectivity index (χ2v) is 6.75. The summed E-state index contributed by atoms with van der Waals surface area (Å²) in [6, 6.07) is 10.6. The number of fused-ring (bicyclic) bond motifs is 1. The molecule has 2 aromatic rings. The minimum Gasteiger partial charge on any atom is -0.449 e. The summed E-state index contributed by atoms with van der Waals surface area (Å²) in [6.45, 7) is 5.02. The molecule has 0 saturated carbocycles. The summed E-state index contributed by atoms with van der Waals surface area (Å²) >= 11 is 5.87. The Hall–Kier alpha value is -3.45. The molecule has 0 spiro atoms. The molecule has 0 aromatic heterocycles. The lowest BCUT2D eigenvalue weighted by atomic mass is 10.1. The van der Waals surface area contributed by atoms with Gasteiger partial charge in [-0.05, 0) is 43.3 Å². The van der Waals surface area contributed by atoms with E-state index in [4.69, 9.17) is 16.3 Å². The van der Waals surface area contributed by atoms with Crippen molar-refractivity contribution in [3.05, 3.63) is 76.8 Å². The van der Waals surface area contributed by atoms with Crippen LogP contribution in [-0.4, -0.2) is 41.2 Å². The van der Waals surface area contributed by atoms with Gasteiger partial charge < -0.3 is 10.1 Å². The van der Waals surface area contributed by atoms with Crippen LogP contribution in [0.4, 0.5) is 5.69 Å². The zero-order valence-electron chi connectivity index (χ0n) is 15.5. The number of anilines is 1. The Morgan fingerprint density at radius 1 is 1.17 bits per heavy atom. The van der Waals surface area contributed by atoms with E-state index < -0.39 is 29.8 Å². The summed E-state index contributed by atoms with van der Waals surface area (Å²) in [4.78, 5) is 50.3. The molecule has 1 atom stereocenters. The summed E-state index contributed by atoms with van der Waals surface area (Å²) in [5.41, 5.74) is 0.851. The van der Waals surface area contributed by atoms with Crippen molar-refractivity contribution in [3.8, 4) is 0 Å². The standard InChI is InChI=1S/C21H17ClN2O5/c1-3-9-24-19(26)16-8-7-13(10-17(16)20(24)27)21(28)29-12(2)18(25)23-15-6-4-5-14(22)11-15/h3-8,10-12H,1,9H2,2H3,(H,23,25)/t12-/m1/s1. The SMILES string of the molecule is C=CCN1C(=O)c2ccc(C(=O)O[C@H](C)C(=O)Nc3cccc(Cl)c3)cc2C1=O. The van der Waals surface area contributed by atoms with Crippen LogP contribution in [0.25, 0.3) is 0 Å². The van der Waals surface area contributed by atoms with Crippen molar-refractivity contribution in [2.75, 3.05) is 11.9 Å². The third kappa shape index (κ3) is 4.20. The van der Waals surface area contributed by atoms with Gasteiger partial charge in [-0.1, -0.05) is 23.7 Å². The van der Waals surface area contributed by atoms with E-state index in [9.17, 15) is 19.2 Å². The number of benzene rings is 2. The molecule has 1 aliphatic heterocycles. The van der Waals surface area contributed by atoms with Crippen molar-refractivity contribution in [1.82, 2.24) is 4.90 Å². The van der Waals surface area contributed by atoms with E-state index in [0.717, 1.165) is 4.90 Å². The highest BCUT2D eigenvalue weighted by Gasteiger charge is 2.35. The first-order chi connectivity index (χ1) is 13.8. The average molecular weight is 413 g/mol. The normalized spacial score (nSPS) is 13.7. The predicted molar refractivity (Wildman–Crippen MR) is 107 cm³/mol. The molecule has 3 rings (SSSR count). The Morgan fingerprint density at radius 2 is 1.90 bits per heavy atom. The first-order valence-corrected chi connectivity index (χ1v) is 9.08. The highest BCUT2D eigenvalue weighted by atomic mass is 35.5. The third-order valence-corrected chi connectivity index (χ3v) is 4.50. The fraction of sp³-hybridized carbons (Fsp3) is 0.143. The lowest BCUT2D eigenvalue weighted by Gasteiger charge is -2.14. The quantitative estimate of drug-likeness (QED) is 0.446. The fourth-order valence-corrected chi connectivity index (χ4v) is 3.00. The highest BCUT2D eigenvalue weighted by Crippen LogP contribution is 2.24. The molecule has 1 N–H and O–H groups in total. The summed E-state index contributed by atoms with van der Waals surface area (Å²) < 4.78 is 5.19. The molecule has 0 fully saturated rings. The molecule has 7 nitrogen and oxygen atoms in total.